The van der Waals surface area contributed by atoms with Gasteiger partial charge in [0.1, 0.15) is 6.10 Å². The number of fused-ring (bicyclic) bond motifs is 4. The van der Waals surface area contributed by atoms with Gasteiger partial charge in [-0.25, -0.2) is 0 Å². The standard InChI is InChI=1S/C16H13NO4/c18-7-13(19)11-3-1-2-10-12-5-15-14(20-8-21-15)4-9(12)6-17-16(10)11/h1-6,13,18-19H,7-8H2. The lowest BCUT2D eigenvalue weighted by atomic mass is 10.0. The summed E-state index contributed by atoms with van der Waals surface area (Å²) in [6, 6.07) is 9.40. The molecule has 5 nitrogen and oxygen atoms in total. The first-order valence-corrected chi connectivity index (χ1v) is 6.68. The van der Waals surface area contributed by atoms with Gasteiger partial charge < -0.3 is 19.7 Å². The van der Waals surface area contributed by atoms with E-state index in [0.717, 1.165) is 21.9 Å². The van der Waals surface area contributed by atoms with Crippen molar-refractivity contribution >= 4 is 21.7 Å². The second-order valence-electron chi connectivity index (χ2n) is 4.99. The molecule has 4 rings (SSSR count). The summed E-state index contributed by atoms with van der Waals surface area (Å²) in [5, 5.41) is 21.9. The number of pyridine rings is 1. The van der Waals surface area contributed by atoms with Crippen LogP contribution in [-0.2, 0) is 0 Å². The van der Waals surface area contributed by atoms with Crippen LogP contribution >= 0.6 is 0 Å². The number of para-hydroxylation sites is 1. The summed E-state index contributed by atoms with van der Waals surface area (Å²) in [5.74, 6) is 1.43. The van der Waals surface area contributed by atoms with Gasteiger partial charge in [-0.1, -0.05) is 18.2 Å². The van der Waals surface area contributed by atoms with Gasteiger partial charge in [0.15, 0.2) is 11.5 Å². The molecule has 5 heteroatoms. The molecule has 0 amide bonds. The summed E-state index contributed by atoms with van der Waals surface area (Å²) in [7, 11) is 0. The molecular formula is C16H13NO4. The quantitative estimate of drug-likeness (QED) is 0.705. The molecule has 0 spiro atoms. The lowest BCUT2D eigenvalue weighted by molar-refractivity contribution is 0.0966. The van der Waals surface area contributed by atoms with E-state index in [4.69, 9.17) is 9.47 Å². The highest BCUT2D eigenvalue weighted by Crippen LogP contribution is 2.38. The molecule has 2 N–H and O–H groups in total. The number of benzene rings is 2. The van der Waals surface area contributed by atoms with Crippen LogP contribution in [-0.4, -0.2) is 28.6 Å². The Morgan fingerprint density at radius 2 is 1.95 bits per heavy atom. The van der Waals surface area contributed by atoms with Crippen LogP contribution in [0, 0.1) is 0 Å². The number of ether oxygens (including phenoxy) is 2. The first-order valence-electron chi connectivity index (χ1n) is 6.68. The van der Waals surface area contributed by atoms with Crippen LogP contribution in [0.3, 0.4) is 0 Å². The van der Waals surface area contributed by atoms with Crippen LogP contribution in [0.1, 0.15) is 11.7 Å². The van der Waals surface area contributed by atoms with Crippen LogP contribution in [0.4, 0.5) is 0 Å². The summed E-state index contributed by atoms with van der Waals surface area (Å²) in [4.78, 5) is 4.44. The fourth-order valence-electron chi connectivity index (χ4n) is 2.72. The minimum Gasteiger partial charge on any atom is -0.454 e. The first kappa shape index (κ1) is 12.4. The minimum atomic E-state index is -0.937. The molecule has 0 radical (unpaired) electrons. The lowest BCUT2D eigenvalue weighted by Crippen LogP contribution is -2.03. The Bertz CT molecular complexity index is 846. The molecule has 0 fully saturated rings. The van der Waals surface area contributed by atoms with Crippen LogP contribution in [0.25, 0.3) is 21.7 Å². The normalized spacial score (nSPS) is 14.8. The zero-order valence-electron chi connectivity index (χ0n) is 11.1. The molecular weight excluding hydrogens is 270 g/mol. The molecule has 106 valence electrons. The Labute approximate surface area is 120 Å². The number of aliphatic hydroxyl groups is 2. The smallest absolute Gasteiger partial charge is 0.231 e. The average Bonchev–Trinajstić information content (AvgIpc) is 2.98. The SMILES string of the molecule is OCC(O)c1cccc2c1ncc1cc3c(cc12)OCO3. The van der Waals surface area contributed by atoms with Crippen molar-refractivity contribution in [3.63, 3.8) is 0 Å². The van der Waals surface area contributed by atoms with Gasteiger partial charge in [0.2, 0.25) is 6.79 Å². The summed E-state index contributed by atoms with van der Waals surface area (Å²) >= 11 is 0. The van der Waals surface area contributed by atoms with E-state index < -0.39 is 6.10 Å². The summed E-state index contributed by atoms with van der Waals surface area (Å²) in [6.45, 7) is -0.106. The van der Waals surface area contributed by atoms with E-state index in [0.29, 0.717) is 16.8 Å². The van der Waals surface area contributed by atoms with Crippen molar-refractivity contribution in [2.45, 2.75) is 6.10 Å². The van der Waals surface area contributed by atoms with Gasteiger partial charge >= 0.3 is 0 Å². The molecule has 1 aromatic heterocycles. The van der Waals surface area contributed by atoms with Gasteiger partial charge in [0.25, 0.3) is 0 Å². The molecule has 1 unspecified atom stereocenters. The number of aliphatic hydroxyl groups excluding tert-OH is 2. The van der Waals surface area contributed by atoms with E-state index in [2.05, 4.69) is 4.98 Å². The summed E-state index contributed by atoms with van der Waals surface area (Å²) < 4.78 is 10.8. The Kier molecular flexibility index (Phi) is 2.70. The second kappa shape index (κ2) is 4.58. The van der Waals surface area contributed by atoms with Gasteiger partial charge in [0, 0.05) is 22.5 Å². The van der Waals surface area contributed by atoms with Gasteiger partial charge in [-0.2, -0.15) is 0 Å². The third-order valence-electron chi connectivity index (χ3n) is 3.77. The van der Waals surface area contributed by atoms with E-state index in [-0.39, 0.29) is 13.4 Å². The zero-order chi connectivity index (χ0) is 14.4. The number of nitrogens with zero attached hydrogens (tertiary/aromatic N) is 1. The van der Waals surface area contributed by atoms with Gasteiger partial charge in [0.05, 0.1) is 12.1 Å². The number of hydrogen-bond donors (Lipinski definition) is 2. The van der Waals surface area contributed by atoms with Gasteiger partial charge in [-0.05, 0) is 17.5 Å². The minimum absolute atomic E-state index is 0.228. The Balaban J connectivity index is 2.05. The predicted octanol–water partition coefficient (Wildman–Crippen LogP) is 2.14. The molecule has 0 saturated heterocycles. The highest BCUT2D eigenvalue weighted by molar-refractivity contribution is 6.07. The van der Waals surface area contributed by atoms with E-state index in [1.807, 2.05) is 24.3 Å². The summed E-state index contributed by atoms with van der Waals surface area (Å²) in [6.07, 6.45) is 0.806. The molecule has 1 aliphatic rings. The highest BCUT2D eigenvalue weighted by Gasteiger charge is 2.17. The van der Waals surface area contributed by atoms with E-state index in [9.17, 15) is 10.2 Å². The van der Waals surface area contributed by atoms with Crippen molar-refractivity contribution in [3.05, 3.63) is 42.1 Å². The third kappa shape index (κ3) is 1.82. The summed E-state index contributed by atoms with van der Waals surface area (Å²) in [5.41, 5.74) is 1.31. The molecule has 2 heterocycles. The molecule has 2 aromatic carbocycles. The van der Waals surface area contributed by atoms with Crippen molar-refractivity contribution in [1.82, 2.24) is 4.98 Å². The topological polar surface area (TPSA) is 71.8 Å². The molecule has 21 heavy (non-hydrogen) atoms. The second-order valence-corrected chi connectivity index (χ2v) is 4.99. The zero-order valence-corrected chi connectivity index (χ0v) is 11.1. The number of rotatable bonds is 2. The van der Waals surface area contributed by atoms with Crippen LogP contribution < -0.4 is 9.47 Å². The lowest BCUT2D eigenvalue weighted by Gasteiger charge is -2.12. The van der Waals surface area contributed by atoms with E-state index in [1.165, 1.54) is 0 Å². The Morgan fingerprint density at radius 3 is 2.76 bits per heavy atom. The number of aromatic nitrogens is 1. The van der Waals surface area contributed by atoms with Crippen LogP contribution in [0.2, 0.25) is 0 Å². The third-order valence-corrected chi connectivity index (χ3v) is 3.77. The molecule has 1 aliphatic heterocycles. The maximum Gasteiger partial charge on any atom is 0.231 e. The molecule has 3 aromatic rings. The van der Waals surface area contributed by atoms with Crippen molar-refractivity contribution < 1.29 is 19.7 Å². The first-order chi connectivity index (χ1) is 10.3. The predicted molar refractivity (Wildman–Crippen MR) is 77.4 cm³/mol. The van der Waals surface area contributed by atoms with Crippen LogP contribution in [0.5, 0.6) is 11.5 Å². The fourth-order valence-corrected chi connectivity index (χ4v) is 2.72. The maximum absolute atomic E-state index is 9.92. The van der Waals surface area contributed by atoms with Crippen molar-refractivity contribution in [2.75, 3.05) is 13.4 Å². The molecule has 0 aliphatic carbocycles. The largest absolute Gasteiger partial charge is 0.454 e. The molecule has 0 saturated carbocycles. The maximum atomic E-state index is 9.92. The van der Waals surface area contributed by atoms with E-state index in [1.54, 1.807) is 12.3 Å². The number of hydrogen-bond acceptors (Lipinski definition) is 5. The van der Waals surface area contributed by atoms with Gasteiger partial charge in [-0.3, -0.25) is 4.98 Å². The van der Waals surface area contributed by atoms with Crippen molar-refractivity contribution in [1.29, 1.82) is 0 Å². The Morgan fingerprint density at radius 1 is 1.14 bits per heavy atom. The highest BCUT2D eigenvalue weighted by atomic mass is 16.7. The average molecular weight is 283 g/mol. The molecule has 0 bridgehead atoms. The van der Waals surface area contributed by atoms with Crippen molar-refractivity contribution in [3.8, 4) is 11.5 Å². The Hall–Kier alpha value is -2.37. The fraction of sp³-hybridized carbons (Fsp3) is 0.188. The monoisotopic (exact) mass is 283 g/mol. The van der Waals surface area contributed by atoms with Crippen LogP contribution in [0.15, 0.2) is 36.5 Å². The van der Waals surface area contributed by atoms with Gasteiger partial charge in [-0.15, -0.1) is 0 Å². The van der Waals surface area contributed by atoms with Crippen molar-refractivity contribution in [2.24, 2.45) is 0 Å². The molecule has 1 atom stereocenters. The van der Waals surface area contributed by atoms with E-state index >= 15 is 0 Å².